The van der Waals surface area contributed by atoms with E-state index in [1.165, 1.54) is 48.6 Å². The van der Waals surface area contributed by atoms with E-state index in [-0.39, 0.29) is 17.8 Å². The van der Waals surface area contributed by atoms with Crippen LogP contribution in [0.4, 0.5) is 11.4 Å². The van der Waals surface area contributed by atoms with Gasteiger partial charge in [0, 0.05) is 29.5 Å². The van der Waals surface area contributed by atoms with Crippen LogP contribution in [-0.2, 0) is 9.59 Å². The van der Waals surface area contributed by atoms with Crippen molar-refractivity contribution in [3.8, 4) is 0 Å². The van der Waals surface area contributed by atoms with Gasteiger partial charge in [0.2, 0.25) is 11.8 Å². The van der Waals surface area contributed by atoms with Gasteiger partial charge in [0.1, 0.15) is 0 Å². The van der Waals surface area contributed by atoms with E-state index in [2.05, 4.69) is 10.6 Å². The number of nitrogens with zero attached hydrogens (tertiary/aromatic N) is 1. The molecule has 0 saturated carbocycles. The topological polar surface area (TPSA) is 144 Å². The van der Waals surface area contributed by atoms with Crippen LogP contribution < -0.4 is 16.4 Å². The van der Waals surface area contributed by atoms with Crippen molar-refractivity contribution < 1.29 is 19.3 Å². The SMILES string of the molecule is NC(=O)CNC(=O)c1cccc(NC(=O)/C=C/c2ccc([N+](=O)[O-])cc2)c1. The molecule has 3 amide bonds. The fourth-order valence-electron chi connectivity index (χ4n) is 2.07. The monoisotopic (exact) mass is 368 g/mol. The molecule has 0 atom stereocenters. The summed E-state index contributed by atoms with van der Waals surface area (Å²) >= 11 is 0. The van der Waals surface area contributed by atoms with Gasteiger partial charge in [0.25, 0.3) is 11.6 Å². The number of anilines is 1. The summed E-state index contributed by atoms with van der Waals surface area (Å²) in [6.07, 6.45) is 2.77. The number of amides is 3. The van der Waals surface area contributed by atoms with E-state index in [9.17, 15) is 24.5 Å². The largest absolute Gasteiger partial charge is 0.368 e. The Bertz CT molecular complexity index is 906. The lowest BCUT2D eigenvalue weighted by Crippen LogP contribution is -2.33. The third-order valence-electron chi connectivity index (χ3n) is 3.35. The first kappa shape index (κ1) is 19.3. The molecule has 0 aliphatic carbocycles. The molecule has 2 rings (SSSR count). The molecule has 0 unspecified atom stereocenters. The fourth-order valence-corrected chi connectivity index (χ4v) is 2.07. The van der Waals surface area contributed by atoms with Crippen molar-refractivity contribution in [2.75, 3.05) is 11.9 Å². The highest BCUT2D eigenvalue weighted by Crippen LogP contribution is 2.14. The molecule has 0 spiro atoms. The van der Waals surface area contributed by atoms with Crippen molar-refractivity contribution in [3.05, 3.63) is 75.8 Å². The van der Waals surface area contributed by atoms with E-state index in [0.717, 1.165) is 0 Å². The van der Waals surface area contributed by atoms with Crippen LogP contribution in [0.3, 0.4) is 0 Å². The second-order valence-electron chi connectivity index (χ2n) is 5.40. The minimum atomic E-state index is -0.663. The minimum Gasteiger partial charge on any atom is -0.368 e. The Morgan fingerprint density at radius 2 is 1.81 bits per heavy atom. The standard InChI is InChI=1S/C18H16N4O5/c19-16(23)11-20-18(25)13-2-1-3-14(10-13)21-17(24)9-6-12-4-7-15(8-5-12)22(26)27/h1-10H,11H2,(H2,19,23)(H,20,25)(H,21,24)/b9-6+. The molecule has 9 heteroatoms. The molecular formula is C18H16N4O5. The number of nitro benzene ring substituents is 1. The van der Waals surface area contributed by atoms with Gasteiger partial charge >= 0.3 is 0 Å². The Morgan fingerprint density at radius 3 is 2.44 bits per heavy atom. The van der Waals surface area contributed by atoms with Crippen LogP contribution in [0.1, 0.15) is 15.9 Å². The number of hydrogen-bond donors (Lipinski definition) is 3. The molecule has 0 aliphatic rings. The van der Waals surface area contributed by atoms with Crippen molar-refractivity contribution in [2.24, 2.45) is 5.73 Å². The molecule has 0 aromatic heterocycles. The van der Waals surface area contributed by atoms with Gasteiger partial charge in [-0.3, -0.25) is 24.5 Å². The first-order chi connectivity index (χ1) is 12.8. The average Bonchev–Trinajstić information content (AvgIpc) is 2.65. The van der Waals surface area contributed by atoms with Gasteiger partial charge in [-0.2, -0.15) is 0 Å². The number of benzene rings is 2. The van der Waals surface area contributed by atoms with Gasteiger partial charge in [-0.15, -0.1) is 0 Å². The van der Waals surface area contributed by atoms with Crippen molar-refractivity contribution >= 4 is 35.2 Å². The summed E-state index contributed by atoms with van der Waals surface area (Å²) < 4.78 is 0. The van der Waals surface area contributed by atoms with Gasteiger partial charge in [-0.05, 0) is 42.0 Å². The van der Waals surface area contributed by atoms with Crippen molar-refractivity contribution in [3.63, 3.8) is 0 Å². The quantitative estimate of drug-likeness (QED) is 0.385. The predicted octanol–water partition coefficient (Wildman–Crippen LogP) is 1.46. The van der Waals surface area contributed by atoms with Crippen molar-refractivity contribution in [1.82, 2.24) is 5.32 Å². The number of carbonyl (C=O) groups excluding carboxylic acids is 3. The predicted molar refractivity (Wildman–Crippen MR) is 98.7 cm³/mol. The Hall–Kier alpha value is -4.01. The zero-order valence-corrected chi connectivity index (χ0v) is 14.0. The highest BCUT2D eigenvalue weighted by Gasteiger charge is 2.08. The van der Waals surface area contributed by atoms with Crippen LogP contribution >= 0.6 is 0 Å². The number of rotatable bonds is 7. The Labute approximate surface area is 154 Å². The zero-order valence-electron chi connectivity index (χ0n) is 14.0. The molecule has 4 N–H and O–H groups in total. The maximum Gasteiger partial charge on any atom is 0.269 e. The van der Waals surface area contributed by atoms with E-state index in [4.69, 9.17) is 5.73 Å². The van der Waals surface area contributed by atoms with Gasteiger partial charge in [0.15, 0.2) is 0 Å². The van der Waals surface area contributed by atoms with Crippen LogP contribution in [0.15, 0.2) is 54.6 Å². The molecule has 2 aromatic rings. The van der Waals surface area contributed by atoms with Crippen LogP contribution in [0.2, 0.25) is 0 Å². The summed E-state index contributed by atoms with van der Waals surface area (Å²) in [5.41, 5.74) is 6.20. The third kappa shape index (κ3) is 6.09. The lowest BCUT2D eigenvalue weighted by atomic mass is 10.1. The van der Waals surface area contributed by atoms with Gasteiger partial charge in [0.05, 0.1) is 11.5 Å². The molecule has 27 heavy (non-hydrogen) atoms. The average molecular weight is 368 g/mol. The summed E-state index contributed by atoms with van der Waals surface area (Å²) in [7, 11) is 0. The van der Waals surface area contributed by atoms with E-state index in [0.29, 0.717) is 11.3 Å². The second kappa shape index (κ2) is 8.90. The summed E-state index contributed by atoms with van der Waals surface area (Å²) in [4.78, 5) is 44.7. The summed E-state index contributed by atoms with van der Waals surface area (Å²) in [5.74, 6) is -1.60. The van der Waals surface area contributed by atoms with E-state index < -0.39 is 22.6 Å². The smallest absolute Gasteiger partial charge is 0.269 e. The molecule has 0 aliphatic heterocycles. The maximum atomic E-state index is 12.0. The third-order valence-corrected chi connectivity index (χ3v) is 3.35. The molecule has 2 aromatic carbocycles. The van der Waals surface area contributed by atoms with Crippen LogP contribution in [0.25, 0.3) is 6.08 Å². The van der Waals surface area contributed by atoms with E-state index >= 15 is 0 Å². The highest BCUT2D eigenvalue weighted by atomic mass is 16.6. The number of nitrogens with two attached hydrogens (primary N) is 1. The van der Waals surface area contributed by atoms with Crippen molar-refractivity contribution in [1.29, 1.82) is 0 Å². The highest BCUT2D eigenvalue weighted by molar-refractivity contribution is 6.03. The fraction of sp³-hybridized carbons (Fsp3) is 0.0556. The number of hydrogen-bond acceptors (Lipinski definition) is 5. The van der Waals surface area contributed by atoms with Crippen LogP contribution in [0.5, 0.6) is 0 Å². The molecule has 9 nitrogen and oxygen atoms in total. The van der Waals surface area contributed by atoms with Crippen LogP contribution in [0, 0.1) is 10.1 Å². The Kier molecular flexibility index (Phi) is 6.37. The summed E-state index contributed by atoms with van der Waals surface area (Å²) in [5, 5.41) is 15.5. The van der Waals surface area contributed by atoms with E-state index in [1.807, 2.05) is 0 Å². The summed E-state index contributed by atoms with van der Waals surface area (Å²) in [6, 6.07) is 11.9. The van der Waals surface area contributed by atoms with Gasteiger partial charge < -0.3 is 16.4 Å². The number of nitrogens with one attached hydrogen (secondary N) is 2. The van der Waals surface area contributed by atoms with Gasteiger partial charge in [-0.1, -0.05) is 6.07 Å². The Balaban J connectivity index is 1.98. The lowest BCUT2D eigenvalue weighted by Gasteiger charge is -2.06. The molecule has 0 radical (unpaired) electrons. The Morgan fingerprint density at radius 1 is 1.11 bits per heavy atom. The number of primary amides is 1. The number of nitro groups is 1. The molecule has 0 saturated heterocycles. The molecule has 0 bridgehead atoms. The zero-order chi connectivity index (χ0) is 19.8. The van der Waals surface area contributed by atoms with Crippen LogP contribution in [-0.4, -0.2) is 29.2 Å². The molecule has 138 valence electrons. The number of carbonyl (C=O) groups is 3. The molecule has 0 heterocycles. The first-order valence-corrected chi connectivity index (χ1v) is 7.75. The van der Waals surface area contributed by atoms with Crippen molar-refractivity contribution in [2.45, 2.75) is 0 Å². The summed E-state index contributed by atoms with van der Waals surface area (Å²) in [6.45, 7) is -0.284. The molecule has 0 fully saturated rings. The normalized spacial score (nSPS) is 10.4. The first-order valence-electron chi connectivity index (χ1n) is 7.75. The maximum absolute atomic E-state index is 12.0. The molecular weight excluding hydrogens is 352 g/mol. The van der Waals surface area contributed by atoms with Gasteiger partial charge in [-0.25, -0.2) is 0 Å². The van der Waals surface area contributed by atoms with E-state index in [1.54, 1.807) is 12.1 Å². The lowest BCUT2D eigenvalue weighted by molar-refractivity contribution is -0.384. The minimum absolute atomic E-state index is 0.0389. The number of non-ortho nitro benzene ring substituents is 1. The second-order valence-corrected chi connectivity index (χ2v) is 5.40.